The average molecular weight is 292 g/mol. The summed E-state index contributed by atoms with van der Waals surface area (Å²) in [5, 5.41) is 22.8. The number of halogens is 1. The number of benzene rings is 1. The van der Waals surface area contributed by atoms with E-state index in [-0.39, 0.29) is 22.8 Å². The molecule has 3 N–H and O–H groups in total. The molecule has 0 atom stereocenters. The smallest absolute Gasteiger partial charge is 0.289 e. The highest BCUT2D eigenvalue weighted by atomic mass is 35.5. The van der Waals surface area contributed by atoms with Crippen LogP contribution in [0, 0.1) is 0 Å². The summed E-state index contributed by atoms with van der Waals surface area (Å²) in [6.07, 6.45) is 2.61. The zero-order valence-corrected chi connectivity index (χ0v) is 10.9. The van der Waals surface area contributed by atoms with Crippen LogP contribution in [0.1, 0.15) is 16.1 Å². The molecule has 102 valence electrons. The first kappa shape index (κ1) is 13.8. The molecule has 1 aromatic carbocycles. The Morgan fingerprint density at radius 2 is 2.10 bits per heavy atom. The molecule has 0 bridgehead atoms. The fourth-order valence-corrected chi connectivity index (χ4v) is 1.55. The van der Waals surface area contributed by atoms with Crippen molar-refractivity contribution in [3.05, 3.63) is 52.8 Å². The lowest BCUT2D eigenvalue weighted by Gasteiger charge is -2.01. The van der Waals surface area contributed by atoms with E-state index in [2.05, 4.69) is 15.5 Å². The van der Waals surface area contributed by atoms with Gasteiger partial charge in [0.2, 0.25) is 0 Å². The molecule has 7 heteroatoms. The number of nitrogens with zero attached hydrogens (tertiary/aromatic N) is 2. The van der Waals surface area contributed by atoms with Crippen LogP contribution in [0.15, 0.2) is 41.6 Å². The van der Waals surface area contributed by atoms with Crippen LogP contribution in [-0.2, 0) is 0 Å². The maximum atomic E-state index is 11.7. The summed E-state index contributed by atoms with van der Waals surface area (Å²) < 4.78 is 0. The number of carbonyl (C=O) groups is 1. The number of phenols is 2. The van der Waals surface area contributed by atoms with Gasteiger partial charge in [-0.15, -0.1) is 0 Å². The number of aromatic nitrogens is 1. The van der Waals surface area contributed by atoms with Gasteiger partial charge in [-0.2, -0.15) is 5.10 Å². The first-order valence-electron chi connectivity index (χ1n) is 5.53. The van der Waals surface area contributed by atoms with E-state index >= 15 is 0 Å². The maximum Gasteiger partial charge on any atom is 0.289 e. The third-order valence-electron chi connectivity index (χ3n) is 2.34. The Morgan fingerprint density at radius 1 is 1.30 bits per heavy atom. The molecule has 1 amide bonds. The number of carbonyl (C=O) groups excluding carboxylic acids is 1. The average Bonchev–Trinajstić information content (AvgIpc) is 2.42. The van der Waals surface area contributed by atoms with Gasteiger partial charge in [-0.05, 0) is 30.3 Å². The molecule has 0 saturated heterocycles. The minimum absolute atomic E-state index is 0.0212. The summed E-state index contributed by atoms with van der Waals surface area (Å²) in [6, 6.07) is 6.91. The number of aromatic hydroxyl groups is 2. The second-order valence-electron chi connectivity index (χ2n) is 3.80. The van der Waals surface area contributed by atoms with Crippen molar-refractivity contribution in [1.29, 1.82) is 0 Å². The second-order valence-corrected chi connectivity index (χ2v) is 4.24. The lowest BCUT2D eigenvalue weighted by Crippen LogP contribution is -2.18. The van der Waals surface area contributed by atoms with Gasteiger partial charge in [0.25, 0.3) is 5.91 Å². The van der Waals surface area contributed by atoms with Gasteiger partial charge in [0, 0.05) is 16.8 Å². The van der Waals surface area contributed by atoms with Gasteiger partial charge in [0.1, 0.15) is 17.2 Å². The minimum Gasteiger partial charge on any atom is -0.508 e. The molecule has 0 aliphatic rings. The number of hydrazone groups is 1. The SMILES string of the molecule is O=C(NN=Cc1cc(O)ccc1O)c1cc(Cl)ccn1. The summed E-state index contributed by atoms with van der Waals surface area (Å²) in [4.78, 5) is 15.5. The molecular weight excluding hydrogens is 282 g/mol. The molecular formula is C13H10ClN3O3. The van der Waals surface area contributed by atoms with Crippen molar-refractivity contribution < 1.29 is 15.0 Å². The van der Waals surface area contributed by atoms with Gasteiger partial charge in [0.05, 0.1) is 6.21 Å². The molecule has 0 spiro atoms. The Bertz CT molecular complexity index is 674. The number of amides is 1. The number of phenolic OH excluding ortho intramolecular Hbond substituents is 2. The van der Waals surface area contributed by atoms with Crippen molar-refractivity contribution in [2.75, 3.05) is 0 Å². The predicted octanol–water partition coefficient (Wildman–Crippen LogP) is 1.91. The monoisotopic (exact) mass is 291 g/mol. The highest BCUT2D eigenvalue weighted by Gasteiger charge is 2.06. The fourth-order valence-electron chi connectivity index (χ4n) is 1.39. The number of hydrogen-bond donors (Lipinski definition) is 3. The molecule has 0 saturated carbocycles. The molecule has 0 aliphatic carbocycles. The van der Waals surface area contributed by atoms with Crippen LogP contribution in [0.5, 0.6) is 11.5 Å². The molecule has 2 rings (SSSR count). The van der Waals surface area contributed by atoms with Crippen LogP contribution in [-0.4, -0.2) is 27.3 Å². The zero-order chi connectivity index (χ0) is 14.5. The normalized spacial score (nSPS) is 10.7. The van der Waals surface area contributed by atoms with Crippen molar-refractivity contribution in [3.63, 3.8) is 0 Å². The van der Waals surface area contributed by atoms with E-state index in [1.165, 1.54) is 36.7 Å². The summed E-state index contributed by atoms with van der Waals surface area (Å²) >= 11 is 5.74. The predicted molar refractivity (Wildman–Crippen MR) is 74.1 cm³/mol. The Hall–Kier alpha value is -2.60. The van der Waals surface area contributed by atoms with Crippen molar-refractivity contribution >= 4 is 23.7 Å². The van der Waals surface area contributed by atoms with E-state index in [9.17, 15) is 15.0 Å². The standard InChI is InChI=1S/C13H10ClN3O3/c14-9-3-4-15-11(6-9)13(20)17-16-7-8-5-10(18)1-2-12(8)19/h1-7,18-19H,(H,17,20). The topological polar surface area (TPSA) is 94.8 Å². The van der Waals surface area contributed by atoms with Crippen molar-refractivity contribution in [1.82, 2.24) is 10.4 Å². The summed E-state index contributed by atoms with van der Waals surface area (Å²) in [5.41, 5.74) is 2.63. The third-order valence-corrected chi connectivity index (χ3v) is 2.57. The van der Waals surface area contributed by atoms with Crippen molar-refractivity contribution in [2.45, 2.75) is 0 Å². The second kappa shape index (κ2) is 6.03. The Kier molecular flexibility index (Phi) is 4.17. The molecule has 1 heterocycles. The van der Waals surface area contributed by atoms with Crippen LogP contribution in [0.4, 0.5) is 0 Å². The van der Waals surface area contributed by atoms with Crippen molar-refractivity contribution in [2.24, 2.45) is 5.10 Å². The number of pyridine rings is 1. The fraction of sp³-hybridized carbons (Fsp3) is 0. The van der Waals surface area contributed by atoms with E-state index in [0.717, 1.165) is 0 Å². The van der Waals surface area contributed by atoms with Crippen LogP contribution in [0.2, 0.25) is 5.02 Å². The lowest BCUT2D eigenvalue weighted by atomic mass is 10.2. The van der Waals surface area contributed by atoms with E-state index in [0.29, 0.717) is 5.02 Å². The third kappa shape index (κ3) is 3.46. The molecule has 0 fully saturated rings. The Labute approximate surface area is 119 Å². The van der Waals surface area contributed by atoms with Crippen LogP contribution >= 0.6 is 11.6 Å². The van der Waals surface area contributed by atoms with Gasteiger partial charge in [-0.25, -0.2) is 5.43 Å². The summed E-state index contributed by atoms with van der Waals surface area (Å²) in [7, 11) is 0. The quantitative estimate of drug-likeness (QED) is 0.457. The number of hydrogen-bond acceptors (Lipinski definition) is 5. The minimum atomic E-state index is -0.539. The Morgan fingerprint density at radius 3 is 2.85 bits per heavy atom. The number of nitrogens with one attached hydrogen (secondary N) is 1. The Balaban J connectivity index is 2.06. The van der Waals surface area contributed by atoms with E-state index in [4.69, 9.17) is 11.6 Å². The van der Waals surface area contributed by atoms with Gasteiger partial charge in [-0.1, -0.05) is 11.6 Å². The van der Waals surface area contributed by atoms with Gasteiger partial charge in [-0.3, -0.25) is 9.78 Å². The summed E-state index contributed by atoms with van der Waals surface area (Å²) in [5.74, 6) is -0.628. The van der Waals surface area contributed by atoms with E-state index < -0.39 is 5.91 Å². The van der Waals surface area contributed by atoms with Crippen LogP contribution < -0.4 is 5.43 Å². The maximum absolute atomic E-state index is 11.7. The molecule has 6 nitrogen and oxygen atoms in total. The highest BCUT2D eigenvalue weighted by molar-refractivity contribution is 6.30. The van der Waals surface area contributed by atoms with Crippen LogP contribution in [0.3, 0.4) is 0 Å². The van der Waals surface area contributed by atoms with Gasteiger partial charge in [0.15, 0.2) is 0 Å². The van der Waals surface area contributed by atoms with E-state index in [1.54, 1.807) is 6.07 Å². The molecule has 0 aliphatic heterocycles. The molecule has 20 heavy (non-hydrogen) atoms. The van der Waals surface area contributed by atoms with Crippen molar-refractivity contribution in [3.8, 4) is 11.5 Å². The largest absolute Gasteiger partial charge is 0.508 e. The van der Waals surface area contributed by atoms with Gasteiger partial charge >= 0.3 is 0 Å². The highest BCUT2D eigenvalue weighted by Crippen LogP contribution is 2.19. The number of rotatable bonds is 3. The lowest BCUT2D eigenvalue weighted by molar-refractivity contribution is 0.0950. The van der Waals surface area contributed by atoms with E-state index in [1.807, 2.05) is 0 Å². The molecule has 0 unspecified atom stereocenters. The zero-order valence-electron chi connectivity index (χ0n) is 10.1. The first-order valence-corrected chi connectivity index (χ1v) is 5.91. The summed E-state index contributed by atoms with van der Waals surface area (Å²) in [6.45, 7) is 0. The van der Waals surface area contributed by atoms with Crippen LogP contribution in [0.25, 0.3) is 0 Å². The molecule has 0 radical (unpaired) electrons. The molecule has 1 aromatic heterocycles. The van der Waals surface area contributed by atoms with Gasteiger partial charge < -0.3 is 10.2 Å². The first-order chi connectivity index (χ1) is 9.56. The molecule has 2 aromatic rings.